The Morgan fingerprint density at radius 2 is 1.55 bits per heavy atom. The topological polar surface area (TPSA) is 90.2 Å². The monoisotopic (exact) mass is 452 g/mol. The van der Waals surface area contributed by atoms with Gasteiger partial charge in [-0.2, -0.15) is 0 Å². The van der Waals surface area contributed by atoms with Crippen LogP contribution in [0.1, 0.15) is 79.0 Å². The van der Waals surface area contributed by atoms with Gasteiger partial charge in [-0.3, -0.25) is 0 Å². The van der Waals surface area contributed by atoms with Gasteiger partial charge < -0.3 is 25.2 Å². The smallest absolute Gasteiger partial charge is 0.119 e. The van der Waals surface area contributed by atoms with Gasteiger partial charge in [0.15, 0.2) is 0 Å². The number of ether oxygens (including phenoxy) is 1. The van der Waals surface area contributed by atoms with Crippen LogP contribution in [0.2, 0.25) is 0 Å². The first-order chi connectivity index (χ1) is 16.0. The Morgan fingerprint density at radius 3 is 2.21 bits per heavy atom. The van der Waals surface area contributed by atoms with Crippen molar-refractivity contribution in [2.75, 3.05) is 6.61 Å². The van der Waals surface area contributed by atoms with Crippen molar-refractivity contribution in [2.24, 2.45) is 5.92 Å². The Hall–Kier alpha value is -1.92. The fourth-order valence-corrected chi connectivity index (χ4v) is 5.75. The van der Waals surface area contributed by atoms with E-state index >= 15 is 0 Å². The Morgan fingerprint density at radius 1 is 0.818 bits per heavy atom. The van der Waals surface area contributed by atoms with Gasteiger partial charge in [-0.05, 0) is 91.7 Å². The maximum atomic E-state index is 10.7. The molecule has 5 atom stereocenters. The van der Waals surface area contributed by atoms with Crippen LogP contribution in [0.5, 0.6) is 5.75 Å². The second-order valence-electron chi connectivity index (χ2n) is 10.3. The molecule has 3 saturated carbocycles. The summed E-state index contributed by atoms with van der Waals surface area (Å²) in [4.78, 5) is 0. The third-order valence-electron chi connectivity index (χ3n) is 7.92. The SMILES string of the molecule is OC[C@H]1C[C@@H](c2ccc(C3CC3)c(Cc3ccc(OC4CCCC4)cc3)c2)[C@H](O)[C@@H](O)[C@@H]1O. The van der Waals surface area contributed by atoms with Gasteiger partial charge >= 0.3 is 0 Å². The lowest BCUT2D eigenvalue weighted by atomic mass is 9.72. The molecule has 2 aromatic carbocycles. The van der Waals surface area contributed by atoms with E-state index in [0.29, 0.717) is 18.4 Å². The van der Waals surface area contributed by atoms with Gasteiger partial charge in [0.05, 0.1) is 18.3 Å². The van der Waals surface area contributed by atoms with Crippen molar-refractivity contribution in [1.82, 2.24) is 0 Å². The predicted molar refractivity (Wildman–Crippen MR) is 127 cm³/mol. The van der Waals surface area contributed by atoms with Gasteiger partial charge in [0.25, 0.3) is 0 Å². The van der Waals surface area contributed by atoms with Crippen molar-refractivity contribution in [3.05, 3.63) is 64.7 Å². The Balaban J connectivity index is 1.36. The standard InChI is InChI=1S/C28H36O5/c29-16-21-15-25(27(31)28(32)26(21)30)19-9-12-24(18-7-8-18)20(14-19)13-17-5-10-23(11-6-17)33-22-3-1-2-4-22/h5-6,9-12,14,18,21-22,25-32H,1-4,7-8,13,15-16H2/t21-,25+,26-,27+,28+/m1/s1. The summed E-state index contributed by atoms with van der Waals surface area (Å²) in [5.74, 6) is 0.796. The van der Waals surface area contributed by atoms with E-state index < -0.39 is 24.2 Å². The van der Waals surface area contributed by atoms with Crippen LogP contribution in [0.4, 0.5) is 0 Å². The molecule has 0 heterocycles. The van der Waals surface area contributed by atoms with E-state index in [0.717, 1.165) is 30.6 Å². The lowest BCUT2D eigenvalue weighted by molar-refractivity contribution is -0.127. The van der Waals surface area contributed by atoms with E-state index in [1.54, 1.807) is 0 Å². The molecule has 33 heavy (non-hydrogen) atoms. The van der Waals surface area contributed by atoms with Crippen LogP contribution < -0.4 is 4.74 Å². The summed E-state index contributed by atoms with van der Waals surface area (Å²) in [5, 5.41) is 40.9. The summed E-state index contributed by atoms with van der Waals surface area (Å²) < 4.78 is 6.11. The highest BCUT2D eigenvalue weighted by atomic mass is 16.5. The summed E-state index contributed by atoms with van der Waals surface area (Å²) in [6.07, 6.45) is 5.45. The quantitative estimate of drug-likeness (QED) is 0.515. The molecule has 4 N–H and O–H groups in total. The van der Waals surface area contributed by atoms with Gasteiger partial charge in [0, 0.05) is 18.4 Å². The molecule has 0 unspecified atom stereocenters. The van der Waals surface area contributed by atoms with Gasteiger partial charge in [-0.1, -0.05) is 30.3 Å². The number of rotatable bonds is 7. The number of aliphatic hydroxyl groups excluding tert-OH is 4. The van der Waals surface area contributed by atoms with E-state index in [9.17, 15) is 20.4 Å². The second kappa shape index (κ2) is 9.75. The third kappa shape index (κ3) is 4.97. The fraction of sp³-hybridized carbons (Fsp3) is 0.571. The van der Waals surface area contributed by atoms with E-state index in [4.69, 9.17) is 4.74 Å². The van der Waals surface area contributed by atoms with Crippen molar-refractivity contribution < 1.29 is 25.2 Å². The van der Waals surface area contributed by atoms with Crippen LogP contribution in [0.25, 0.3) is 0 Å². The Kier molecular flexibility index (Phi) is 6.75. The number of hydrogen-bond donors (Lipinski definition) is 4. The van der Waals surface area contributed by atoms with Crippen LogP contribution in [0.15, 0.2) is 42.5 Å². The zero-order valence-corrected chi connectivity index (χ0v) is 19.1. The summed E-state index contributed by atoms with van der Waals surface area (Å²) in [6, 6.07) is 14.8. The van der Waals surface area contributed by atoms with Crippen LogP contribution in [-0.4, -0.2) is 51.4 Å². The molecule has 3 aliphatic rings. The number of benzene rings is 2. The molecule has 2 aromatic rings. The minimum atomic E-state index is -1.25. The van der Waals surface area contributed by atoms with E-state index in [1.807, 2.05) is 0 Å². The average Bonchev–Trinajstić information content (AvgIpc) is 3.55. The summed E-state index contributed by atoms with van der Waals surface area (Å²) in [6.45, 7) is -0.205. The average molecular weight is 453 g/mol. The predicted octanol–water partition coefficient (Wildman–Crippen LogP) is 3.65. The minimum absolute atomic E-state index is 0.205. The highest BCUT2D eigenvalue weighted by molar-refractivity contribution is 5.42. The normalized spacial score (nSPS) is 30.5. The van der Waals surface area contributed by atoms with Gasteiger partial charge in [0.2, 0.25) is 0 Å². The van der Waals surface area contributed by atoms with Crippen LogP contribution in [0.3, 0.4) is 0 Å². The third-order valence-corrected chi connectivity index (χ3v) is 7.92. The molecule has 5 nitrogen and oxygen atoms in total. The van der Waals surface area contributed by atoms with Crippen LogP contribution in [-0.2, 0) is 6.42 Å². The maximum absolute atomic E-state index is 10.7. The molecular formula is C28H36O5. The molecule has 3 fully saturated rings. The van der Waals surface area contributed by atoms with Crippen molar-refractivity contribution in [3.63, 3.8) is 0 Å². The minimum Gasteiger partial charge on any atom is -0.490 e. The Bertz CT molecular complexity index is 930. The van der Waals surface area contributed by atoms with Crippen LogP contribution in [0, 0.1) is 5.92 Å². The molecule has 0 amide bonds. The zero-order chi connectivity index (χ0) is 22.9. The summed E-state index contributed by atoms with van der Waals surface area (Å²) >= 11 is 0. The van der Waals surface area contributed by atoms with E-state index in [2.05, 4.69) is 42.5 Å². The molecule has 0 aromatic heterocycles. The molecule has 5 heteroatoms. The van der Waals surface area contributed by atoms with Crippen molar-refractivity contribution in [3.8, 4) is 5.75 Å². The van der Waals surface area contributed by atoms with Crippen molar-refractivity contribution in [1.29, 1.82) is 0 Å². The fourth-order valence-electron chi connectivity index (χ4n) is 5.75. The summed E-state index contributed by atoms with van der Waals surface area (Å²) in [7, 11) is 0. The molecule has 178 valence electrons. The first-order valence-corrected chi connectivity index (χ1v) is 12.6. The molecule has 3 aliphatic carbocycles. The van der Waals surface area contributed by atoms with E-state index in [1.165, 1.54) is 42.4 Å². The highest BCUT2D eigenvalue weighted by Crippen LogP contribution is 2.44. The first-order valence-electron chi connectivity index (χ1n) is 12.6. The molecule has 0 aliphatic heterocycles. The Labute approximate surface area is 196 Å². The molecule has 0 bridgehead atoms. The molecular weight excluding hydrogens is 416 g/mol. The van der Waals surface area contributed by atoms with Crippen molar-refractivity contribution >= 4 is 0 Å². The maximum Gasteiger partial charge on any atom is 0.119 e. The summed E-state index contributed by atoms with van der Waals surface area (Å²) in [5.41, 5.74) is 4.82. The van der Waals surface area contributed by atoms with Gasteiger partial charge in [0.1, 0.15) is 11.9 Å². The second-order valence-corrected chi connectivity index (χ2v) is 10.3. The lowest BCUT2D eigenvalue weighted by Crippen LogP contribution is -2.51. The lowest BCUT2D eigenvalue weighted by Gasteiger charge is -2.40. The van der Waals surface area contributed by atoms with E-state index in [-0.39, 0.29) is 12.5 Å². The molecule has 0 spiro atoms. The molecule has 0 saturated heterocycles. The molecule has 5 rings (SSSR count). The molecule has 0 radical (unpaired) electrons. The number of hydrogen-bond acceptors (Lipinski definition) is 5. The zero-order valence-electron chi connectivity index (χ0n) is 19.1. The first kappa shape index (κ1) is 22.9. The number of aliphatic hydroxyl groups is 4. The highest BCUT2D eigenvalue weighted by Gasteiger charge is 2.43. The van der Waals surface area contributed by atoms with Gasteiger partial charge in [-0.25, -0.2) is 0 Å². The largest absolute Gasteiger partial charge is 0.490 e. The van der Waals surface area contributed by atoms with Crippen molar-refractivity contribution in [2.45, 2.75) is 87.6 Å². The van der Waals surface area contributed by atoms with Crippen LogP contribution >= 0.6 is 0 Å². The van der Waals surface area contributed by atoms with Gasteiger partial charge in [-0.15, -0.1) is 0 Å².